The first kappa shape index (κ1) is 15.8. The van der Waals surface area contributed by atoms with Crippen molar-refractivity contribution < 1.29 is 8.42 Å². The van der Waals surface area contributed by atoms with Crippen molar-refractivity contribution in [3.8, 4) is 0 Å². The van der Waals surface area contributed by atoms with Crippen LogP contribution in [0.25, 0.3) is 0 Å². The Morgan fingerprint density at radius 2 is 1.95 bits per heavy atom. The molecule has 1 aliphatic heterocycles. The molecule has 0 unspecified atom stereocenters. The smallest absolute Gasteiger partial charge is 0.243 e. The van der Waals surface area contributed by atoms with Crippen molar-refractivity contribution >= 4 is 21.6 Å². The Morgan fingerprint density at radius 1 is 1.30 bits per heavy atom. The van der Waals surface area contributed by atoms with Gasteiger partial charge in [0.15, 0.2) is 0 Å². The van der Waals surface area contributed by atoms with Gasteiger partial charge in [0, 0.05) is 30.7 Å². The molecule has 1 N–H and O–H groups in total. The Labute approximate surface area is 126 Å². The highest BCUT2D eigenvalue weighted by Crippen LogP contribution is 2.25. The average Bonchev–Trinajstić information content (AvgIpc) is 2.92. The molecule has 1 aromatic rings. The zero-order valence-electron chi connectivity index (χ0n) is 11.9. The molecule has 1 fully saturated rings. The molecular weight excluding hydrogens is 296 g/mol. The van der Waals surface area contributed by atoms with E-state index in [-0.39, 0.29) is 0 Å². The number of hydrogen-bond acceptors (Lipinski definition) is 3. The van der Waals surface area contributed by atoms with E-state index >= 15 is 0 Å². The van der Waals surface area contributed by atoms with Gasteiger partial charge in [0.25, 0.3) is 0 Å². The van der Waals surface area contributed by atoms with Crippen LogP contribution in [0.2, 0.25) is 5.02 Å². The SMILES string of the molecule is CC(C)NCc1cc(S(=O)(=O)N2CCCC2)ccc1Cl. The van der Waals surface area contributed by atoms with E-state index in [0.29, 0.717) is 35.6 Å². The summed E-state index contributed by atoms with van der Waals surface area (Å²) in [6.07, 6.45) is 1.88. The van der Waals surface area contributed by atoms with E-state index in [1.165, 1.54) is 0 Å². The van der Waals surface area contributed by atoms with Crippen LogP contribution >= 0.6 is 11.6 Å². The fourth-order valence-electron chi connectivity index (χ4n) is 2.24. The number of hydrogen-bond donors (Lipinski definition) is 1. The quantitative estimate of drug-likeness (QED) is 0.908. The van der Waals surface area contributed by atoms with Crippen LogP contribution in [0.1, 0.15) is 32.3 Å². The van der Waals surface area contributed by atoms with Gasteiger partial charge in [-0.3, -0.25) is 0 Å². The summed E-state index contributed by atoms with van der Waals surface area (Å²) in [6, 6.07) is 5.27. The maximum Gasteiger partial charge on any atom is 0.243 e. The molecule has 0 radical (unpaired) electrons. The highest BCUT2D eigenvalue weighted by atomic mass is 35.5. The zero-order valence-corrected chi connectivity index (χ0v) is 13.5. The lowest BCUT2D eigenvalue weighted by Gasteiger charge is -2.17. The molecule has 6 heteroatoms. The largest absolute Gasteiger partial charge is 0.310 e. The summed E-state index contributed by atoms with van der Waals surface area (Å²) in [5.74, 6) is 0. The lowest BCUT2D eigenvalue weighted by Crippen LogP contribution is -2.28. The third kappa shape index (κ3) is 3.52. The minimum absolute atomic E-state index is 0.324. The predicted molar refractivity (Wildman–Crippen MR) is 81.4 cm³/mol. The van der Waals surface area contributed by atoms with E-state index < -0.39 is 10.0 Å². The first-order valence-corrected chi connectivity index (χ1v) is 8.75. The fourth-order valence-corrected chi connectivity index (χ4v) is 3.99. The summed E-state index contributed by atoms with van der Waals surface area (Å²) in [5, 5.41) is 3.85. The highest BCUT2D eigenvalue weighted by molar-refractivity contribution is 7.89. The van der Waals surface area contributed by atoms with Gasteiger partial charge in [-0.25, -0.2) is 8.42 Å². The van der Waals surface area contributed by atoms with Crippen LogP contribution in [0, 0.1) is 0 Å². The predicted octanol–water partition coefficient (Wildman–Crippen LogP) is 2.62. The maximum atomic E-state index is 12.5. The Bertz CT molecular complexity index is 567. The van der Waals surface area contributed by atoms with Crippen LogP contribution in [0.15, 0.2) is 23.1 Å². The number of nitrogens with zero attached hydrogens (tertiary/aromatic N) is 1. The van der Waals surface area contributed by atoms with Crippen molar-refractivity contribution in [3.05, 3.63) is 28.8 Å². The van der Waals surface area contributed by atoms with Crippen LogP contribution < -0.4 is 5.32 Å². The van der Waals surface area contributed by atoms with Crippen molar-refractivity contribution in [1.82, 2.24) is 9.62 Å². The third-order valence-electron chi connectivity index (χ3n) is 3.42. The molecule has 0 aromatic heterocycles. The molecule has 0 amide bonds. The number of nitrogens with one attached hydrogen (secondary N) is 1. The Kier molecular flexibility index (Phi) is 5.07. The monoisotopic (exact) mass is 316 g/mol. The van der Waals surface area contributed by atoms with Crippen molar-refractivity contribution in [2.75, 3.05) is 13.1 Å². The maximum absolute atomic E-state index is 12.5. The van der Waals surface area contributed by atoms with Gasteiger partial charge in [-0.05, 0) is 36.6 Å². The van der Waals surface area contributed by atoms with Gasteiger partial charge < -0.3 is 5.32 Å². The lowest BCUT2D eigenvalue weighted by molar-refractivity contribution is 0.477. The minimum atomic E-state index is -3.37. The molecule has 112 valence electrons. The molecule has 0 saturated carbocycles. The molecule has 1 aliphatic rings. The lowest BCUT2D eigenvalue weighted by atomic mass is 10.2. The van der Waals surface area contributed by atoms with Gasteiger partial charge in [0.2, 0.25) is 10.0 Å². The minimum Gasteiger partial charge on any atom is -0.310 e. The van der Waals surface area contributed by atoms with Crippen LogP contribution in [-0.2, 0) is 16.6 Å². The van der Waals surface area contributed by atoms with Gasteiger partial charge in [-0.15, -0.1) is 0 Å². The van der Waals surface area contributed by atoms with E-state index in [0.717, 1.165) is 18.4 Å². The average molecular weight is 317 g/mol. The molecule has 1 heterocycles. The standard InChI is InChI=1S/C14H21ClN2O2S/c1-11(2)16-10-12-9-13(5-6-14(12)15)20(18,19)17-7-3-4-8-17/h5-6,9,11,16H,3-4,7-8,10H2,1-2H3. The van der Waals surface area contributed by atoms with Gasteiger partial charge in [0.1, 0.15) is 0 Å². The Morgan fingerprint density at radius 3 is 2.55 bits per heavy atom. The van der Waals surface area contributed by atoms with Gasteiger partial charge >= 0.3 is 0 Å². The Hall–Kier alpha value is -0.620. The molecule has 0 bridgehead atoms. The number of halogens is 1. The Balaban J connectivity index is 2.26. The van der Waals surface area contributed by atoms with Crippen LogP contribution in [0.4, 0.5) is 0 Å². The summed E-state index contributed by atoms with van der Waals surface area (Å²) in [7, 11) is -3.37. The number of sulfonamides is 1. The molecule has 0 atom stereocenters. The van der Waals surface area contributed by atoms with E-state index in [2.05, 4.69) is 5.32 Å². The normalized spacial score (nSPS) is 17.0. The van der Waals surface area contributed by atoms with E-state index in [1.54, 1.807) is 22.5 Å². The molecule has 2 rings (SSSR count). The molecule has 4 nitrogen and oxygen atoms in total. The molecule has 20 heavy (non-hydrogen) atoms. The van der Waals surface area contributed by atoms with Crippen LogP contribution in [0.3, 0.4) is 0 Å². The summed E-state index contributed by atoms with van der Waals surface area (Å²) < 4.78 is 26.5. The summed E-state index contributed by atoms with van der Waals surface area (Å²) >= 11 is 6.14. The first-order chi connectivity index (χ1) is 9.41. The van der Waals surface area contributed by atoms with Gasteiger partial charge in [0.05, 0.1) is 4.90 Å². The molecule has 1 aromatic carbocycles. The van der Waals surface area contributed by atoms with E-state index in [1.807, 2.05) is 13.8 Å². The molecule has 0 spiro atoms. The topological polar surface area (TPSA) is 49.4 Å². The van der Waals surface area contributed by atoms with Crippen molar-refractivity contribution in [2.24, 2.45) is 0 Å². The summed E-state index contributed by atoms with van der Waals surface area (Å²) in [6.45, 7) is 5.88. The fraction of sp³-hybridized carbons (Fsp3) is 0.571. The summed E-state index contributed by atoms with van der Waals surface area (Å²) in [4.78, 5) is 0.337. The van der Waals surface area contributed by atoms with Crippen LogP contribution in [-0.4, -0.2) is 31.9 Å². The van der Waals surface area contributed by atoms with Crippen LogP contribution in [0.5, 0.6) is 0 Å². The second-order valence-corrected chi connectivity index (χ2v) is 7.75. The van der Waals surface area contributed by atoms with Gasteiger partial charge in [-0.1, -0.05) is 25.4 Å². The van der Waals surface area contributed by atoms with Crippen molar-refractivity contribution in [2.45, 2.75) is 44.2 Å². The van der Waals surface area contributed by atoms with E-state index in [4.69, 9.17) is 11.6 Å². The molecular formula is C14H21ClN2O2S. The molecule has 1 saturated heterocycles. The van der Waals surface area contributed by atoms with Crippen molar-refractivity contribution in [3.63, 3.8) is 0 Å². The third-order valence-corrected chi connectivity index (χ3v) is 5.68. The first-order valence-electron chi connectivity index (χ1n) is 6.93. The highest BCUT2D eigenvalue weighted by Gasteiger charge is 2.27. The zero-order chi connectivity index (χ0) is 14.8. The number of benzene rings is 1. The number of rotatable bonds is 5. The summed E-state index contributed by atoms with van der Waals surface area (Å²) in [5.41, 5.74) is 0.820. The van der Waals surface area contributed by atoms with Gasteiger partial charge in [-0.2, -0.15) is 4.31 Å². The second kappa shape index (κ2) is 6.43. The van der Waals surface area contributed by atoms with E-state index in [9.17, 15) is 8.42 Å². The van der Waals surface area contributed by atoms with Crippen molar-refractivity contribution in [1.29, 1.82) is 0 Å². The molecule has 0 aliphatic carbocycles. The second-order valence-electron chi connectivity index (χ2n) is 5.40.